The Labute approximate surface area is 186 Å². The van der Waals surface area contributed by atoms with Gasteiger partial charge in [-0.05, 0) is 53.4 Å². The lowest BCUT2D eigenvalue weighted by atomic mass is 10.0. The molecule has 0 saturated heterocycles. The number of thioether (sulfide) groups is 1. The molecule has 0 bridgehead atoms. The third-order valence-corrected chi connectivity index (χ3v) is 6.75. The van der Waals surface area contributed by atoms with Crippen LogP contribution in [0.5, 0.6) is 0 Å². The van der Waals surface area contributed by atoms with E-state index in [2.05, 4.69) is 81.3 Å². The van der Waals surface area contributed by atoms with Gasteiger partial charge in [-0.3, -0.25) is 0 Å². The van der Waals surface area contributed by atoms with Gasteiger partial charge in [0.15, 0.2) is 0 Å². The molecular weight excluding hydrogens is 400 g/mol. The Morgan fingerprint density at radius 1 is 0.806 bits per heavy atom. The van der Waals surface area contributed by atoms with E-state index in [9.17, 15) is 0 Å². The Morgan fingerprint density at radius 3 is 2.39 bits per heavy atom. The highest BCUT2D eigenvalue weighted by Crippen LogP contribution is 2.29. The van der Waals surface area contributed by atoms with Crippen molar-refractivity contribution in [3.8, 4) is 5.69 Å². The Bertz CT molecular complexity index is 1230. The number of imidazole rings is 2. The summed E-state index contributed by atoms with van der Waals surface area (Å²) in [5.74, 6) is 0. The van der Waals surface area contributed by atoms with Crippen molar-refractivity contribution in [2.75, 3.05) is 0 Å². The summed E-state index contributed by atoms with van der Waals surface area (Å²) in [5, 5.41) is 3.07. The minimum atomic E-state index is 0.458. The van der Waals surface area contributed by atoms with Gasteiger partial charge in [-0.1, -0.05) is 42.5 Å². The first-order chi connectivity index (χ1) is 15.3. The van der Waals surface area contributed by atoms with Gasteiger partial charge in [0.25, 0.3) is 0 Å². The maximum atomic E-state index is 4.22. The van der Waals surface area contributed by atoms with Gasteiger partial charge in [0, 0.05) is 47.2 Å². The fraction of sp³-hybridized carbons (Fsp3) is 0.154. The molecule has 0 radical (unpaired) electrons. The SMILES string of the molecule is c1ccc2cc(CCC(Cn3ccnc3)Sc3ccc(-n4ccnc4)cc3)ccc2c1. The fourth-order valence-corrected chi connectivity index (χ4v) is 5.00. The summed E-state index contributed by atoms with van der Waals surface area (Å²) < 4.78 is 4.20. The molecule has 0 amide bonds. The molecule has 0 aliphatic heterocycles. The molecule has 3 aromatic carbocycles. The minimum Gasteiger partial charge on any atom is -0.336 e. The molecule has 0 aliphatic carbocycles. The lowest BCUT2D eigenvalue weighted by Crippen LogP contribution is -2.13. The lowest BCUT2D eigenvalue weighted by Gasteiger charge is -2.18. The smallest absolute Gasteiger partial charge is 0.0991 e. The summed E-state index contributed by atoms with van der Waals surface area (Å²) in [7, 11) is 0. The molecule has 2 heterocycles. The number of aryl methyl sites for hydroxylation is 1. The van der Waals surface area contributed by atoms with E-state index in [0.717, 1.165) is 25.1 Å². The highest BCUT2D eigenvalue weighted by molar-refractivity contribution is 8.00. The molecule has 1 unspecified atom stereocenters. The molecular formula is C26H24N4S. The number of aromatic nitrogens is 4. The molecule has 1 atom stereocenters. The van der Waals surface area contributed by atoms with Crippen LogP contribution in [0.1, 0.15) is 12.0 Å². The molecule has 0 N–H and O–H groups in total. The van der Waals surface area contributed by atoms with Gasteiger partial charge in [0.05, 0.1) is 12.7 Å². The van der Waals surface area contributed by atoms with E-state index in [4.69, 9.17) is 0 Å². The van der Waals surface area contributed by atoms with Crippen molar-refractivity contribution >= 4 is 22.5 Å². The summed E-state index contributed by atoms with van der Waals surface area (Å²) >= 11 is 1.94. The van der Waals surface area contributed by atoms with E-state index in [0.29, 0.717) is 5.25 Å². The Morgan fingerprint density at radius 2 is 1.61 bits per heavy atom. The maximum Gasteiger partial charge on any atom is 0.0991 e. The number of hydrogen-bond acceptors (Lipinski definition) is 3. The third-order valence-electron chi connectivity index (χ3n) is 5.48. The van der Waals surface area contributed by atoms with E-state index in [1.54, 1.807) is 6.20 Å². The van der Waals surface area contributed by atoms with Crippen molar-refractivity contribution in [2.45, 2.75) is 29.5 Å². The first kappa shape index (κ1) is 19.6. The molecule has 0 fully saturated rings. The number of nitrogens with zero attached hydrogens (tertiary/aromatic N) is 4. The summed E-state index contributed by atoms with van der Waals surface area (Å²) in [6, 6.07) is 24.1. The van der Waals surface area contributed by atoms with Crippen molar-refractivity contribution < 1.29 is 0 Å². The zero-order valence-corrected chi connectivity index (χ0v) is 18.0. The fourth-order valence-electron chi connectivity index (χ4n) is 3.84. The molecule has 154 valence electrons. The van der Waals surface area contributed by atoms with E-state index in [-0.39, 0.29) is 0 Å². The second-order valence-corrected chi connectivity index (χ2v) is 9.06. The largest absolute Gasteiger partial charge is 0.336 e. The van der Waals surface area contributed by atoms with E-state index < -0.39 is 0 Å². The van der Waals surface area contributed by atoms with Crippen LogP contribution in [0.3, 0.4) is 0 Å². The number of rotatable bonds is 8. The van der Waals surface area contributed by atoms with Gasteiger partial charge in [-0.15, -0.1) is 11.8 Å². The second-order valence-electron chi connectivity index (χ2n) is 7.68. The first-order valence-corrected chi connectivity index (χ1v) is 11.4. The second kappa shape index (κ2) is 9.23. The van der Waals surface area contributed by atoms with Gasteiger partial charge in [-0.25, -0.2) is 9.97 Å². The van der Waals surface area contributed by atoms with Crippen LogP contribution in [-0.2, 0) is 13.0 Å². The molecule has 4 nitrogen and oxygen atoms in total. The summed E-state index contributed by atoms with van der Waals surface area (Å²) in [4.78, 5) is 9.64. The van der Waals surface area contributed by atoms with E-state index >= 15 is 0 Å². The van der Waals surface area contributed by atoms with Crippen molar-refractivity contribution in [2.24, 2.45) is 0 Å². The van der Waals surface area contributed by atoms with Crippen molar-refractivity contribution in [3.05, 3.63) is 110 Å². The lowest BCUT2D eigenvalue weighted by molar-refractivity contribution is 0.624. The molecule has 5 heteroatoms. The van der Waals surface area contributed by atoms with Crippen LogP contribution in [0.25, 0.3) is 16.5 Å². The standard InChI is InChI=1S/C26H24N4S/c1-2-4-23-17-21(5-7-22(23)3-1)6-10-26(18-29-15-13-27-19-29)31-25-11-8-24(9-12-25)30-16-14-28-20-30/h1-5,7-9,11-17,19-20,26H,6,10,18H2. The predicted octanol–water partition coefficient (Wildman–Crippen LogP) is 6.02. The topological polar surface area (TPSA) is 35.6 Å². The highest BCUT2D eigenvalue weighted by Gasteiger charge is 2.13. The maximum absolute atomic E-state index is 4.22. The Kier molecular flexibility index (Phi) is 5.85. The van der Waals surface area contributed by atoms with Crippen LogP contribution in [0, 0.1) is 0 Å². The van der Waals surface area contributed by atoms with Crippen LogP contribution in [-0.4, -0.2) is 24.4 Å². The van der Waals surface area contributed by atoms with Crippen molar-refractivity contribution in [1.29, 1.82) is 0 Å². The van der Waals surface area contributed by atoms with Crippen LogP contribution in [0.2, 0.25) is 0 Å². The molecule has 0 aliphatic rings. The van der Waals surface area contributed by atoms with E-state index in [1.807, 2.05) is 47.6 Å². The first-order valence-electron chi connectivity index (χ1n) is 10.5. The molecule has 0 spiro atoms. The number of fused-ring (bicyclic) bond motifs is 1. The van der Waals surface area contributed by atoms with Crippen LogP contribution >= 0.6 is 11.8 Å². The summed E-state index contributed by atoms with van der Waals surface area (Å²) in [6.07, 6.45) is 13.6. The van der Waals surface area contributed by atoms with Crippen molar-refractivity contribution in [3.63, 3.8) is 0 Å². The quantitative estimate of drug-likeness (QED) is 0.286. The highest BCUT2D eigenvalue weighted by atomic mass is 32.2. The normalized spacial score (nSPS) is 12.3. The van der Waals surface area contributed by atoms with Crippen molar-refractivity contribution in [1.82, 2.24) is 19.1 Å². The summed E-state index contributed by atoms with van der Waals surface area (Å²) in [5.41, 5.74) is 2.52. The van der Waals surface area contributed by atoms with Gasteiger partial charge < -0.3 is 9.13 Å². The monoisotopic (exact) mass is 424 g/mol. The molecule has 5 aromatic rings. The Balaban J connectivity index is 1.30. The van der Waals surface area contributed by atoms with Crippen LogP contribution in [0.15, 0.2) is 109 Å². The number of hydrogen-bond donors (Lipinski definition) is 0. The van der Waals surface area contributed by atoms with Gasteiger partial charge in [-0.2, -0.15) is 0 Å². The third kappa shape index (κ3) is 4.89. The zero-order chi connectivity index (χ0) is 20.9. The van der Waals surface area contributed by atoms with Gasteiger partial charge in [0.1, 0.15) is 0 Å². The van der Waals surface area contributed by atoms with Crippen LogP contribution in [0.4, 0.5) is 0 Å². The van der Waals surface area contributed by atoms with E-state index in [1.165, 1.54) is 21.2 Å². The molecule has 0 saturated carbocycles. The molecule has 2 aromatic heterocycles. The predicted molar refractivity (Wildman–Crippen MR) is 128 cm³/mol. The molecule has 5 rings (SSSR count). The average molecular weight is 425 g/mol. The number of benzene rings is 3. The summed E-state index contributed by atoms with van der Waals surface area (Å²) in [6.45, 7) is 0.946. The van der Waals surface area contributed by atoms with Crippen LogP contribution < -0.4 is 0 Å². The Hall–Kier alpha value is -3.31. The molecule has 31 heavy (non-hydrogen) atoms. The van der Waals surface area contributed by atoms with Gasteiger partial charge in [0.2, 0.25) is 0 Å². The average Bonchev–Trinajstić information content (AvgIpc) is 3.52. The minimum absolute atomic E-state index is 0.458. The zero-order valence-electron chi connectivity index (χ0n) is 17.2. The van der Waals surface area contributed by atoms with Gasteiger partial charge >= 0.3 is 0 Å².